The van der Waals surface area contributed by atoms with Gasteiger partial charge in [0, 0.05) is 56.6 Å². The van der Waals surface area contributed by atoms with Gasteiger partial charge in [0.25, 0.3) is 5.91 Å². The third kappa shape index (κ3) is 7.08. The Balaban J connectivity index is 1.08. The van der Waals surface area contributed by atoms with Gasteiger partial charge in [-0.05, 0) is 61.7 Å². The lowest BCUT2D eigenvalue weighted by Crippen LogP contribution is -2.49. The average Bonchev–Trinajstić information content (AvgIpc) is 2.99. The van der Waals surface area contributed by atoms with Gasteiger partial charge in [-0.3, -0.25) is 9.69 Å². The van der Waals surface area contributed by atoms with Gasteiger partial charge in [0.1, 0.15) is 5.82 Å². The lowest BCUT2D eigenvalue weighted by atomic mass is 9.99. The first-order valence-corrected chi connectivity index (χ1v) is 14.3. The maximum atomic E-state index is 12.8. The van der Waals surface area contributed by atoms with Crippen LogP contribution in [0.5, 0.6) is 5.88 Å². The third-order valence-corrected chi connectivity index (χ3v) is 7.81. The molecular weight excluding hydrogens is 528 g/mol. The van der Waals surface area contributed by atoms with Crippen molar-refractivity contribution in [2.45, 2.75) is 45.2 Å². The van der Waals surface area contributed by atoms with Crippen LogP contribution in [0, 0.1) is 0 Å². The summed E-state index contributed by atoms with van der Waals surface area (Å²) in [6.07, 6.45) is 7.65. The minimum atomic E-state index is -0.456. The first kappa shape index (κ1) is 27.9. The zero-order chi connectivity index (χ0) is 27.9. The highest BCUT2D eigenvalue weighted by Crippen LogP contribution is 2.22. The van der Waals surface area contributed by atoms with Gasteiger partial charge < -0.3 is 19.9 Å². The summed E-state index contributed by atoms with van der Waals surface area (Å²) in [5.74, 6) is 0.794. The van der Waals surface area contributed by atoms with Crippen molar-refractivity contribution in [1.82, 2.24) is 19.8 Å². The number of carbonyl (C=O) groups excluding carboxylic acids is 2. The number of benzene rings is 1. The Morgan fingerprint density at radius 2 is 1.75 bits per heavy atom. The highest BCUT2D eigenvalue weighted by Gasteiger charge is 2.24. The number of halogens is 1. The fourth-order valence-electron chi connectivity index (χ4n) is 5.27. The molecule has 0 saturated carbocycles. The fraction of sp³-hybridized carbons (Fsp3) is 0.400. The number of piperidine rings is 1. The van der Waals surface area contributed by atoms with Crippen molar-refractivity contribution >= 4 is 35.1 Å². The summed E-state index contributed by atoms with van der Waals surface area (Å²) < 4.78 is 5.45. The standard InChI is InChI=1S/C30H35ClN6O3/c1-2-26-5-3-4-14-37(26)21-22-6-8-23(9-7-22)29(38)34-25-11-13-28(33-20-25)40-30(39)36-17-15-35(16-18-36)27-12-10-24(31)19-32-27/h6-13,19-20,26H,2-5,14-18,21H2,1H3,(H,34,38). The number of hydrogen-bond acceptors (Lipinski definition) is 7. The summed E-state index contributed by atoms with van der Waals surface area (Å²) in [5.41, 5.74) is 2.32. The molecule has 9 nitrogen and oxygen atoms in total. The lowest BCUT2D eigenvalue weighted by molar-refractivity contribution is 0.102. The lowest BCUT2D eigenvalue weighted by Gasteiger charge is -2.35. The second kappa shape index (κ2) is 13.1. The van der Waals surface area contributed by atoms with Gasteiger partial charge in [0.15, 0.2) is 0 Å². The summed E-state index contributed by atoms with van der Waals surface area (Å²) in [6.45, 7) is 6.60. The van der Waals surface area contributed by atoms with E-state index in [1.807, 2.05) is 30.3 Å². The van der Waals surface area contributed by atoms with Crippen LogP contribution in [0.3, 0.4) is 0 Å². The molecule has 10 heteroatoms. The zero-order valence-corrected chi connectivity index (χ0v) is 23.5. The molecule has 3 aromatic rings. The zero-order valence-electron chi connectivity index (χ0n) is 22.8. The first-order valence-electron chi connectivity index (χ1n) is 13.9. The minimum absolute atomic E-state index is 0.178. The van der Waals surface area contributed by atoms with E-state index in [1.54, 1.807) is 29.3 Å². The molecule has 1 unspecified atom stereocenters. The second-order valence-corrected chi connectivity index (χ2v) is 10.7. The first-order chi connectivity index (χ1) is 19.5. The summed E-state index contributed by atoms with van der Waals surface area (Å²) in [4.78, 5) is 40.2. The number of piperazine rings is 1. The molecule has 1 aromatic carbocycles. The molecule has 0 radical (unpaired) electrons. The Bertz CT molecular complexity index is 1280. The summed E-state index contributed by atoms with van der Waals surface area (Å²) in [7, 11) is 0. The van der Waals surface area contributed by atoms with Crippen LogP contribution < -0.4 is 15.0 Å². The Morgan fingerprint density at radius 3 is 2.42 bits per heavy atom. The molecule has 2 aliphatic heterocycles. The Hall–Kier alpha value is -3.69. The van der Waals surface area contributed by atoms with E-state index in [2.05, 4.69) is 32.0 Å². The number of carbonyl (C=O) groups is 2. The smallest absolute Gasteiger partial charge is 0.391 e. The molecule has 2 amide bonds. The predicted octanol–water partition coefficient (Wildman–Crippen LogP) is 5.47. The molecule has 5 rings (SSSR count). The van der Waals surface area contributed by atoms with Gasteiger partial charge in [-0.2, -0.15) is 0 Å². The number of hydrogen-bond donors (Lipinski definition) is 1. The van der Waals surface area contributed by atoms with Crippen molar-refractivity contribution in [3.05, 3.63) is 77.1 Å². The molecule has 4 heterocycles. The topological polar surface area (TPSA) is 90.9 Å². The molecule has 2 saturated heterocycles. The molecule has 1 N–H and O–H groups in total. The van der Waals surface area contributed by atoms with Gasteiger partial charge in [0.05, 0.1) is 16.9 Å². The monoisotopic (exact) mass is 562 g/mol. The van der Waals surface area contributed by atoms with Crippen LogP contribution >= 0.6 is 11.6 Å². The van der Waals surface area contributed by atoms with Gasteiger partial charge >= 0.3 is 6.09 Å². The van der Waals surface area contributed by atoms with E-state index >= 15 is 0 Å². The molecule has 0 aliphatic carbocycles. The van der Waals surface area contributed by atoms with E-state index in [-0.39, 0.29) is 11.8 Å². The van der Waals surface area contributed by atoms with E-state index in [4.69, 9.17) is 16.3 Å². The summed E-state index contributed by atoms with van der Waals surface area (Å²) in [5, 5.41) is 3.45. The van der Waals surface area contributed by atoms with Gasteiger partial charge in [-0.15, -0.1) is 0 Å². The van der Waals surface area contributed by atoms with Crippen LogP contribution in [0.15, 0.2) is 60.9 Å². The Morgan fingerprint density at radius 1 is 0.950 bits per heavy atom. The normalized spacial score (nSPS) is 17.9. The van der Waals surface area contributed by atoms with Crippen LogP contribution in [0.4, 0.5) is 16.3 Å². The number of nitrogens with one attached hydrogen (secondary N) is 1. The van der Waals surface area contributed by atoms with E-state index in [0.29, 0.717) is 48.5 Å². The van der Waals surface area contributed by atoms with Crippen LogP contribution in [-0.4, -0.2) is 70.5 Å². The number of anilines is 2. The number of rotatable bonds is 7. The average molecular weight is 563 g/mol. The Labute approximate surface area is 240 Å². The summed E-state index contributed by atoms with van der Waals surface area (Å²) in [6, 6.07) is 15.4. The van der Waals surface area contributed by atoms with Crippen LogP contribution in [0.1, 0.15) is 48.5 Å². The van der Waals surface area contributed by atoms with Crippen LogP contribution in [0.25, 0.3) is 0 Å². The number of amides is 2. The quantitative estimate of drug-likeness (QED) is 0.408. The van der Waals surface area contributed by atoms with Gasteiger partial charge in [-0.1, -0.05) is 37.1 Å². The molecule has 2 fully saturated rings. The Kier molecular flexibility index (Phi) is 9.13. The van der Waals surface area contributed by atoms with Crippen molar-refractivity contribution in [2.24, 2.45) is 0 Å². The van der Waals surface area contributed by atoms with E-state index in [0.717, 1.165) is 18.9 Å². The van der Waals surface area contributed by atoms with Crippen molar-refractivity contribution < 1.29 is 14.3 Å². The number of nitrogens with zero attached hydrogens (tertiary/aromatic N) is 5. The molecule has 2 aromatic heterocycles. The maximum absolute atomic E-state index is 12.8. The molecule has 0 bridgehead atoms. The van der Waals surface area contributed by atoms with Crippen molar-refractivity contribution in [3.8, 4) is 5.88 Å². The molecule has 2 aliphatic rings. The van der Waals surface area contributed by atoms with Crippen molar-refractivity contribution in [3.63, 3.8) is 0 Å². The molecule has 0 spiro atoms. The summed E-state index contributed by atoms with van der Waals surface area (Å²) >= 11 is 5.92. The molecule has 1 atom stereocenters. The van der Waals surface area contributed by atoms with E-state index < -0.39 is 6.09 Å². The van der Waals surface area contributed by atoms with Crippen molar-refractivity contribution in [2.75, 3.05) is 42.9 Å². The van der Waals surface area contributed by atoms with Gasteiger partial charge in [-0.25, -0.2) is 14.8 Å². The van der Waals surface area contributed by atoms with Crippen LogP contribution in [0.2, 0.25) is 5.02 Å². The molecule has 210 valence electrons. The number of likely N-dealkylation sites (tertiary alicyclic amines) is 1. The SMILES string of the molecule is CCC1CCCCN1Cc1ccc(C(=O)Nc2ccc(OC(=O)N3CCN(c4ccc(Cl)cn4)CC3)nc2)cc1. The van der Waals surface area contributed by atoms with Gasteiger partial charge in [0.2, 0.25) is 5.88 Å². The van der Waals surface area contributed by atoms with E-state index in [1.165, 1.54) is 37.4 Å². The number of aromatic nitrogens is 2. The fourth-order valence-corrected chi connectivity index (χ4v) is 5.38. The van der Waals surface area contributed by atoms with E-state index in [9.17, 15) is 9.59 Å². The van der Waals surface area contributed by atoms with Crippen LogP contribution in [-0.2, 0) is 6.54 Å². The second-order valence-electron chi connectivity index (χ2n) is 10.2. The number of ether oxygens (including phenoxy) is 1. The maximum Gasteiger partial charge on any atom is 0.416 e. The van der Waals surface area contributed by atoms with Crippen molar-refractivity contribution in [1.29, 1.82) is 0 Å². The highest BCUT2D eigenvalue weighted by atomic mass is 35.5. The minimum Gasteiger partial charge on any atom is -0.391 e. The molecule has 40 heavy (non-hydrogen) atoms. The molecular formula is C30H35ClN6O3. The third-order valence-electron chi connectivity index (χ3n) is 7.58. The largest absolute Gasteiger partial charge is 0.416 e. The number of pyridine rings is 2. The highest BCUT2D eigenvalue weighted by molar-refractivity contribution is 6.30. The predicted molar refractivity (Wildman–Crippen MR) is 156 cm³/mol.